The molecule has 5 nitrogen and oxygen atoms in total. The monoisotopic (exact) mass is 373 g/mol. The first kappa shape index (κ1) is 18.2. The largest absolute Gasteiger partial charge is 0.339 e. The Kier molecular flexibility index (Phi) is 4.82. The average molecular weight is 373 g/mol. The molecule has 0 N–H and O–H groups in total. The molecule has 0 unspecified atom stereocenters. The van der Waals surface area contributed by atoms with Gasteiger partial charge >= 0.3 is 0 Å². The molecule has 1 aromatic heterocycles. The van der Waals surface area contributed by atoms with Crippen LogP contribution >= 0.6 is 0 Å². The quantitative estimate of drug-likeness (QED) is 0.691. The topological polar surface area (TPSA) is 53.5 Å². The highest BCUT2D eigenvalue weighted by molar-refractivity contribution is 6.07. The fraction of sp³-hybridized carbons (Fsp3) is 0.261. The highest BCUT2D eigenvalue weighted by Crippen LogP contribution is 2.27. The summed E-state index contributed by atoms with van der Waals surface area (Å²) in [7, 11) is 0. The van der Waals surface area contributed by atoms with Crippen molar-refractivity contribution in [3.8, 4) is 11.3 Å². The lowest BCUT2D eigenvalue weighted by Crippen LogP contribution is -2.50. The standard InChI is InChI=1S/C23H23N3O2/c1-16-8-9-21-19(14-16)20(15-22(24-21)18-6-4-3-5-7-18)23(28)26-12-10-25(11-13-26)17(2)27/h3-9,14-15H,10-13H2,1-2H3. The number of amides is 2. The summed E-state index contributed by atoms with van der Waals surface area (Å²) in [5.41, 5.74) is 4.36. The maximum Gasteiger partial charge on any atom is 0.254 e. The zero-order valence-corrected chi connectivity index (χ0v) is 16.2. The minimum atomic E-state index is -0.00150. The van der Waals surface area contributed by atoms with Gasteiger partial charge in [-0.1, -0.05) is 42.0 Å². The van der Waals surface area contributed by atoms with Crippen molar-refractivity contribution >= 4 is 22.7 Å². The van der Waals surface area contributed by atoms with Crippen molar-refractivity contribution < 1.29 is 9.59 Å². The van der Waals surface area contributed by atoms with Crippen LogP contribution in [0.25, 0.3) is 22.2 Å². The Morgan fingerprint density at radius 3 is 2.25 bits per heavy atom. The Balaban J connectivity index is 1.75. The molecule has 2 heterocycles. The van der Waals surface area contributed by atoms with Gasteiger partial charge in [-0.05, 0) is 25.1 Å². The SMILES string of the molecule is CC(=O)N1CCN(C(=O)c2cc(-c3ccccc3)nc3ccc(C)cc23)CC1. The van der Waals surface area contributed by atoms with Crippen molar-refractivity contribution in [2.45, 2.75) is 13.8 Å². The van der Waals surface area contributed by atoms with Gasteiger partial charge in [0.2, 0.25) is 5.91 Å². The van der Waals surface area contributed by atoms with Crippen LogP contribution in [0.1, 0.15) is 22.8 Å². The molecule has 2 amide bonds. The van der Waals surface area contributed by atoms with E-state index in [0.717, 1.165) is 27.7 Å². The molecule has 5 heteroatoms. The number of carbonyl (C=O) groups is 2. The fourth-order valence-electron chi connectivity index (χ4n) is 3.67. The highest BCUT2D eigenvalue weighted by atomic mass is 16.2. The predicted octanol–water partition coefficient (Wildman–Crippen LogP) is 3.51. The Morgan fingerprint density at radius 2 is 1.57 bits per heavy atom. The van der Waals surface area contributed by atoms with Crippen molar-refractivity contribution in [2.75, 3.05) is 26.2 Å². The third-order valence-electron chi connectivity index (χ3n) is 5.28. The maximum atomic E-state index is 13.4. The van der Waals surface area contributed by atoms with E-state index in [1.54, 1.807) is 11.8 Å². The minimum Gasteiger partial charge on any atom is -0.339 e. The zero-order chi connectivity index (χ0) is 19.7. The van der Waals surface area contributed by atoms with E-state index in [2.05, 4.69) is 0 Å². The van der Waals surface area contributed by atoms with Gasteiger partial charge in [0.15, 0.2) is 0 Å². The predicted molar refractivity (Wildman–Crippen MR) is 110 cm³/mol. The molecule has 1 fully saturated rings. The van der Waals surface area contributed by atoms with Crippen LogP contribution in [-0.4, -0.2) is 52.8 Å². The molecular formula is C23H23N3O2. The number of aromatic nitrogens is 1. The third kappa shape index (κ3) is 3.48. The zero-order valence-electron chi connectivity index (χ0n) is 16.2. The molecule has 1 aliphatic heterocycles. The molecule has 4 rings (SSSR count). The Morgan fingerprint density at radius 1 is 0.893 bits per heavy atom. The van der Waals surface area contributed by atoms with Crippen LogP contribution < -0.4 is 0 Å². The van der Waals surface area contributed by atoms with Crippen LogP contribution in [0, 0.1) is 6.92 Å². The van der Waals surface area contributed by atoms with Gasteiger partial charge in [-0.3, -0.25) is 9.59 Å². The first-order valence-electron chi connectivity index (χ1n) is 9.54. The Hall–Kier alpha value is -3.21. The van der Waals surface area contributed by atoms with E-state index < -0.39 is 0 Å². The van der Waals surface area contributed by atoms with Gasteiger partial charge in [0.05, 0.1) is 16.8 Å². The van der Waals surface area contributed by atoms with Crippen LogP contribution in [0.4, 0.5) is 0 Å². The van der Waals surface area contributed by atoms with Gasteiger partial charge < -0.3 is 9.80 Å². The van der Waals surface area contributed by atoms with Gasteiger partial charge in [-0.15, -0.1) is 0 Å². The summed E-state index contributed by atoms with van der Waals surface area (Å²) in [6.07, 6.45) is 0. The molecular weight excluding hydrogens is 350 g/mol. The molecule has 142 valence electrons. The number of hydrogen-bond donors (Lipinski definition) is 0. The molecule has 2 aromatic carbocycles. The van der Waals surface area contributed by atoms with Crippen LogP contribution in [0.15, 0.2) is 54.6 Å². The number of pyridine rings is 1. The number of nitrogens with zero attached hydrogens (tertiary/aromatic N) is 3. The van der Waals surface area contributed by atoms with E-state index in [-0.39, 0.29) is 11.8 Å². The molecule has 0 aliphatic carbocycles. The van der Waals surface area contributed by atoms with Crippen molar-refractivity contribution in [1.29, 1.82) is 0 Å². The number of piperazine rings is 1. The van der Waals surface area contributed by atoms with Gasteiger partial charge in [0.1, 0.15) is 0 Å². The molecule has 0 atom stereocenters. The van der Waals surface area contributed by atoms with E-state index in [0.29, 0.717) is 31.7 Å². The summed E-state index contributed by atoms with van der Waals surface area (Å²) in [5, 5.41) is 0.874. The first-order chi connectivity index (χ1) is 13.5. The Bertz CT molecular complexity index is 1040. The molecule has 0 radical (unpaired) electrons. The van der Waals surface area contributed by atoms with E-state index in [1.807, 2.05) is 66.4 Å². The molecule has 1 saturated heterocycles. The molecule has 0 spiro atoms. The summed E-state index contributed by atoms with van der Waals surface area (Å²) in [6, 6.07) is 17.8. The summed E-state index contributed by atoms with van der Waals surface area (Å²) >= 11 is 0. The van der Waals surface area contributed by atoms with Crippen molar-refractivity contribution in [3.05, 3.63) is 65.7 Å². The number of fused-ring (bicyclic) bond motifs is 1. The number of benzene rings is 2. The van der Waals surface area contributed by atoms with Crippen LogP contribution in [-0.2, 0) is 4.79 Å². The lowest BCUT2D eigenvalue weighted by atomic mass is 10.0. The number of hydrogen-bond acceptors (Lipinski definition) is 3. The normalized spacial score (nSPS) is 14.4. The van der Waals surface area contributed by atoms with E-state index in [4.69, 9.17) is 4.98 Å². The van der Waals surface area contributed by atoms with E-state index >= 15 is 0 Å². The lowest BCUT2D eigenvalue weighted by molar-refractivity contribution is -0.130. The smallest absolute Gasteiger partial charge is 0.254 e. The van der Waals surface area contributed by atoms with Crippen LogP contribution in [0.2, 0.25) is 0 Å². The van der Waals surface area contributed by atoms with Crippen LogP contribution in [0.3, 0.4) is 0 Å². The summed E-state index contributed by atoms with van der Waals surface area (Å²) in [4.78, 5) is 33.4. The highest BCUT2D eigenvalue weighted by Gasteiger charge is 2.25. The number of aryl methyl sites for hydroxylation is 1. The van der Waals surface area contributed by atoms with Gasteiger partial charge in [0.25, 0.3) is 5.91 Å². The lowest BCUT2D eigenvalue weighted by Gasteiger charge is -2.34. The molecule has 0 bridgehead atoms. The molecule has 0 saturated carbocycles. The number of rotatable bonds is 2. The van der Waals surface area contributed by atoms with Crippen molar-refractivity contribution in [2.24, 2.45) is 0 Å². The van der Waals surface area contributed by atoms with Gasteiger partial charge in [-0.2, -0.15) is 0 Å². The Labute approximate surface area is 164 Å². The summed E-state index contributed by atoms with van der Waals surface area (Å²) in [6.45, 7) is 5.85. The second kappa shape index (κ2) is 7.43. The second-order valence-corrected chi connectivity index (χ2v) is 7.24. The van der Waals surface area contributed by atoms with E-state index in [9.17, 15) is 9.59 Å². The average Bonchev–Trinajstić information content (AvgIpc) is 2.73. The molecule has 3 aromatic rings. The van der Waals surface area contributed by atoms with E-state index in [1.165, 1.54) is 0 Å². The van der Waals surface area contributed by atoms with Crippen LogP contribution in [0.5, 0.6) is 0 Å². The second-order valence-electron chi connectivity index (χ2n) is 7.24. The number of carbonyl (C=O) groups excluding carboxylic acids is 2. The fourth-order valence-corrected chi connectivity index (χ4v) is 3.67. The third-order valence-corrected chi connectivity index (χ3v) is 5.28. The van der Waals surface area contributed by atoms with Crippen molar-refractivity contribution in [3.63, 3.8) is 0 Å². The summed E-state index contributed by atoms with van der Waals surface area (Å²) < 4.78 is 0. The van der Waals surface area contributed by atoms with Gasteiger partial charge in [-0.25, -0.2) is 4.98 Å². The minimum absolute atomic E-state index is 0.00150. The van der Waals surface area contributed by atoms with Gasteiger partial charge in [0, 0.05) is 44.1 Å². The maximum absolute atomic E-state index is 13.4. The molecule has 1 aliphatic rings. The first-order valence-corrected chi connectivity index (χ1v) is 9.54. The van der Waals surface area contributed by atoms with Crippen molar-refractivity contribution in [1.82, 2.24) is 14.8 Å². The summed E-state index contributed by atoms with van der Waals surface area (Å²) in [5.74, 6) is 0.0573. The molecule has 28 heavy (non-hydrogen) atoms.